The van der Waals surface area contributed by atoms with Crippen LogP contribution in [0.25, 0.3) is 10.9 Å². The molecule has 1 heterocycles. The molecule has 4 aromatic rings. The Morgan fingerprint density at radius 3 is 2.40 bits per heavy atom. The van der Waals surface area contributed by atoms with Crippen LogP contribution >= 0.6 is 15.9 Å². The minimum Gasteiger partial charge on any atom is -0.481 e. The number of H-pyrrole nitrogens is 1. The Bertz CT molecular complexity index is 1200. The lowest BCUT2D eigenvalue weighted by Crippen LogP contribution is -2.12. The smallest absolute Gasteiger partial charge is 0.307 e. The molecule has 0 saturated heterocycles. The van der Waals surface area contributed by atoms with Crippen molar-refractivity contribution in [3.8, 4) is 11.5 Å². The maximum absolute atomic E-state index is 12.5. The molecule has 0 aliphatic carbocycles. The summed E-state index contributed by atoms with van der Waals surface area (Å²) >= 11 is 3.37. The standard InChI is InChI=1S/C23H17BrN2O4/c24-19-13-18(8-5-14(19)12-22(27)28)30-17-9-6-16(7-10-17)25-23(29)21-11-15-3-1-2-4-20(15)26-21/h1-11,13,26H,12H2,(H,25,29)(H,27,28). The molecule has 0 bridgehead atoms. The molecule has 4 rings (SSSR count). The highest BCUT2D eigenvalue weighted by Crippen LogP contribution is 2.28. The molecule has 30 heavy (non-hydrogen) atoms. The molecule has 0 atom stereocenters. The third-order valence-electron chi connectivity index (χ3n) is 4.49. The van der Waals surface area contributed by atoms with Gasteiger partial charge in [0.2, 0.25) is 0 Å². The number of carboxylic acid groups (broad SMARTS) is 1. The number of halogens is 1. The van der Waals surface area contributed by atoms with Crippen LogP contribution in [0, 0.1) is 0 Å². The van der Waals surface area contributed by atoms with E-state index in [4.69, 9.17) is 9.84 Å². The first-order chi connectivity index (χ1) is 14.5. The summed E-state index contributed by atoms with van der Waals surface area (Å²) in [4.78, 5) is 26.4. The average Bonchev–Trinajstić information content (AvgIpc) is 3.16. The fourth-order valence-electron chi connectivity index (χ4n) is 3.03. The summed E-state index contributed by atoms with van der Waals surface area (Å²) < 4.78 is 6.48. The van der Waals surface area contributed by atoms with Gasteiger partial charge in [0, 0.05) is 21.1 Å². The van der Waals surface area contributed by atoms with Crippen molar-refractivity contribution in [2.24, 2.45) is 0 Å². The van der Waals surface area contributed by atoms with Crippen molar-refractivity contribution in [1.82, 2.24) is 4.98 Å². The molecule has 0 saturated carbocycles. The summed E-state index contributed by atoms with van der Waals surface area (Å²) in [7, 11) is 0. The van der Waals surface area contributed by atoms with Crippen molar-refractivity contribution in [1.29, 1.82) is 0 Å². The molecule has 0 fully saturated rings. The number of aromatic amines is 1. The van der Waals surface area contributed by atoms with Crippen LogP contribution in [0.1, 0.15) is 16.1 Å². The van der Waals surface area contributed by atoms with Gasteiger partial charge in [0.05, 0.1) is 6.42 Å². The lowest BCUT2D eigenvalue weighted by atomic mass is 10.1. The summed E-state index contributed by atoms with van der Waals surface area (Å²) in [6, 6.07) is 21.7. The molecule has 1 aromatic heterocycles. The second-order valence-corrected chi connectivity index (χ2v) is 7.53. The Morgan fingerprint density at radius 1 is 0.967 bits per heavy atom. The number of fused-ring (bicyclic) bond motifs is 1. The molecule has 150 valence electrons. The molecule has 7 heteroatoms. The first-order valence-electron chi connectivity index (χ1n) is 9.15. The van der Waals surface area contributed by atoms with E-state index in [-0.39, 0.29) is 12.3 Å². The zero-order valence-corrected chi connectivity index (χ0v) is 17.3. The zero-order valence-electron chi connectivity index (χ0n) is 15.7. The van der Waals surface area contributed by atoms with E-state index in [0.717, 1.165) is 10.9 Å². The molecule has 3 N–H and O–H groups in total. The number of carbonyl (C=O) groups is 2. The number of carbonyl (C=O) groups excluding carboxylic acids is 1. The van der Waals surface area contributed by atoms with Crippen LogP contribution in [0.4, 0.5) is 5.69 Å². The molecule has 0 aliphatic rings. The van der Waals surface area contributed by atoms with Crippen molar-refractivity contribution in [2.45, 2.75) is 6.42 Å². The molecule has 1 amide bonds. The summed E-state index contributed by atoms with van der Waals surface area (Å²) in [6.07, 6.45) is -0.0639. The van der Waals surface area contributed by atoms with Gasteiger partial charge in [0.25, 0.3) is 5.91 Å². The summed E-state index contributed by atoms with van der Waals surface area (Å²) in [5, 5.41) is 12.7. The molecular weight excluding hydrogens is 448 g/mol. The number of anilines is 1. The topological polar surface area (TPSA) is 91.4 Å². The Hall–Kier alpha value is -3.58. The molecule has 0 unspecified atom stereocenters. The third kappa shape index (κ3) is 4.52. The number of rotatable bonds is 6. The Morgan fingerprint density at radius 2 is 1.70 bits per heavy atom. The van der Waals surface area contributed by atoms with E-state index in [1.54, 1.807) is 42.5 Å². The summed E-state index contributed by atoms with van der Waals surface area (Å²) in [5.41, 5.74) is 2.71. The summed E-state index contributed by atoms with van der Waals surface area (Å²) in [6.45, 7) is 0. The van der Waals surface area contributed by atoms with E-state index in [0.29, 0.717) is 32.9 Å². The number of nitrogens with one attached hydrogen (secondary N) is 2. The van der Waals surface area contributed by atoms with Gasteiger partial charge < -0.3 is 20.1 Å². The third-order valence-corrected chi connectivity index (χ3v) is 5.23. The van der Waals surface area contributed by atoms with Gasteiger partial charge in [0.15, 0.2) is 0 Å². The number of aliphatic carboxylic acids is 1. The first-order valence-corrected chi connectivity index (χ1v) is 9.94. The second kappa shape index (κ2) is 8.42. The molecular formula is C23H17BrN2O4. The highest BCUT2D eigenvalue weighted by molar-refractivity contribution is 9.10. The number of ether oxygens (including phenoxy) is 1. The lowest BCUT2D eigenvalue weighted by Gasteiger charge is -2.09. The Kier molecular flexibility index (Phi) is 5.54. The van der Waals surface area contributed by atoms with Crippen LogP contribution in [-0.4, -0.2) is 22.0 Å². The molecule has 0 spiro atoms. The first kappa shape index (κ1) is 19.7. The van der Waals surface area contributed by atoms with Gasteiger partial charge in [-0.3, -0.25) is 9.59 Å². The van der Waals surface area contributed by atoms with Crippen molar-refractivity contribution in [3.05, 3.63) is 88.5 Å². The van der Waals surface area contributed by atoms with E-state index >= 15 is 0 Å². The van der Waals surface area contributed by atoms with Crippen LogP contribution in [-0.2, 0) is 11.2 Å². The van der Waals surface area contributed by atoms with Crippen molar-refractivity contribution in [2.75, 3.05) is 5.32 Å². The minimum absolute atomic E-state index is 0.0639. The van der Waals surface area contributed by atoms with Crippen LogP contribution in [0.5, 0.6) is 11.5 Å². The van der Waals surface area contributed by atoms with Gasteiger partial charge in [-0.15, -0.1) is 0 Å². The zero-order chi connectivity index (χ0) is 21.1. The van der Waals surface area contributed by atoms with Crippen molar-refractivity contribution >= 4 is 44.4 Å². The number of aromatic nitrogens is 1. The van der Waals surface area contributed by atoms with Crippen molar-refractivity contribution in [3.63, 3.8) is 0 Å². The maximum Gasteiger partial charge on any atom is 0.307 e. The number of amides is 1. The number of benzene rings is 3. The van der Waals surface area contributed by atoms with Crippen LogP contribution < -0.4 is 10.1 Å². The van der Waals surface area contributed by atoms with Crippen molar-refractivity contribution < 1.29 is 19.4 Å². The van der Waals surface area contributed by atoms with Crippen LogP contribution in [0.3, 0.4) is 0 Å². The fraction of sp³-hybridized carbons (Fsp3) is 0.0435. The number of para-hydroxylation sites is 1. The molecule has 0 aliphatic heterocycles. The van der Waals surface area contributed by atoms with E-state index in [1.807, 2.05) is 30.3 Å². The molecule has 6 nitrogen and oxygen atoms in total. The number of hydrogen-bond acceptors (Lipinski definition) is 3. The van der Waals surface area contributed by atoms with Gasteiger partial charge in [-0.2, -0.15) is 0 Å². The monoisotopic (exact) mass is 464 g/mol. The highest BCUT2D eigenvalue weighted by atomic mass is 79.9. The maximum atomic E-state index is 12.5. The van der Waals surface area contributed by atoms with E-state index < -0.39 is 5.97 Å². The van der Waals surface area contributed by atoms with Crippen LogP contribution in [0.15, 0.2) is 77.3 Å². The van der Waals surface area contributed by atoms with E-state index in [1.165, 1.54) is 0 Å². The van der Waals surface area contributed by atoms with Gasteiger partial charge in [-0.25, -0.2) is 0 Å². The summed E-state index contributed by atoms with van der Waals surface area (Å²) in [5.74, 6) is 0.0506. The van der Waals surface area contributed by atoms with Crippen LogP contribution in [0.2, 0.25) is 0 Å². The predicted octanol–water partition coefficient (Wildman–Crippen LogP) is 5.60. The van der Waals surface area contributed by atoms with Gasteiger partial charge in [-0.1, -0.05) is 40.2 Å². The largest absolute Gasteiger partial charge is 0.481 e. The average molecular weight is 465 g/mol. The molecule has 0 radical (unpaired) electrons. The fourth-order valence-corrected chi connectivity index (χ4v) is 3.53. The van der Waals surface area contributed by atoms with Gasteiger partial charge in [0.1, 0.15) is 17.2 Å². The quantitative estimate of drug-likeness (QED) is 0.346. The van der Waals surface area contributed by atoms with Gasteiger partial charge >= 0.3 is 5.97 Å². The molecule has 3 aromatic carbocycles. The lowest BCUT2D eigenvalue weighted by molar-refractivity contribution is -0.136. The minimum atomic E-state index is -0.894. The predicted molar refractivity (Wildman–Crippen MR) is 118 cm³/mol. The Balaban J connectivity index is 1.42. The SMILES string of the molecule is O=C(O)Cc1ccc(Oc2ccc(NC(=O)c3cc4ccccc4[nH]3)cc2)cc1Br. The number of hydrogen-bond donors (Lipinski definition) is 3. The normalized spacial score (nSPS) is 10.7. The second-order valence-electron chi connectivity index (χ2n) is 6.67. The van der Waals surface area contributed by atoms with E-state index in [2.05, 4.69) is 26.2 Å². The Labute approximate surface area is 180 Å². The number of carboxylic acids is 1. The van der Waals surface area contributed by atoms with E-state index in [9.17, 15) is 9.59 Å². The van der Waals surface area contributed by atoms with Gasteiger partial charge in [-0.05, 0) is 54.1 Å². The highest BCUT2D eigenvalue weighted by Gasteiger charge is 2.10.